The van der Waals surface area contributed by atoms with Crippen molar-refractivity contribution in [3.05, 3.63) is 54.6 Å². The van der Waals surface area contributed by atoms with Gasteiger partial charge in [0.05, 0.1) is 6.33 Å². The maximum Gasteiger partial charge on any atom is 0.0946 e. The van der Waals surface area contributed by atoms with Crippen molar-refractivity contribution < 1.29 is 0 Å². The lowest BCUT2D eigenvalue weighted by molar-refractivity contribution is 0.623. The van der Waals surface area contributed by atoms with E-state index in [0.29, 0.717) is 5.25 Å². The summed E-state index contributed by atoms with van der Waals surface area (Å²) >= 11 is 2.13. The van der Waals surface area contributed by atoms with E-state index in [4.69, 9.17) is 0 Å². The average Bonchev–Trinajstić information content (AvgIpc) is 3.03. The molecule has 0 aliphatic rings. The van der Waals surface area contributed by atoms with Crippen molar-refractivity contribution in [3.8, 4) is 0 Å². The van der Waals surface area contributed by atoms with Crippen LogP contribution in [0.4, 0.5) is 0 Å². The minimum atomic E-state index is 0.677. The zero-order chi connectivity index (χ0) is 14.8. The van der Waals surface area contributed by atoms with E-state index in [9.17, 15) is 0 Å². The monoisotopic (exact) mass is 302 g/mol. The van der Waals surface area contributed by atoms with Crippen LogP contribution in [0.15, 0.2) is 49.1 Å². The zero-order valence-corrected chi connectivity index (χ0v) is 13.8. The number of thioether (sulfide) groups is 1. The fourth-order valence-corrected chi connectivity index (χ4v) is 3.70. The van der Waals surface area contributed by atoms with Crippen molar-refractivity contribution >= 4 is 11.8 Å². The highest BCUT2D eigenvalue weighted by Crippen LogP contribution is 2.21. The van der Waals surface area contributed by atoms with Crippen molar-refractivity contribution in [2.45, 2.75) is 50.8 Å². The Hall–Kier alpha value is -1.22. The molecular formula is C18H26N2S. The van der Waals surface area contributed by atoms with Gasteiger partial charge in [-0.3, -0.25) is 0 Å². The molecule has 1 aromatic heterocycles. The van der Waals surface area contributed by atoms with Crippen molar-refractivity contribution in [2.24, 2.45) is 0 Å². The molecule has 0 saturated heterocycles. The molecule has 0 saturated carbocycles. The van der Waals surface area contributed by atoms with Gasteiger partial charge in [-0.2, -0.15) is 11.8 Å². The Morgan fingerprint density at radius 3 is 2.76 bits per heavy atom. The molecule has 0 aliphatic heterocycles. The van der Waals surface area contributed by atoms with Gasteiger partial charge < -0.3 is 4.57 Å². The van der Waals surface area contributed by atoms with Crippen LogP contribution in [0.1, 0.15) is 38.2 Å². The van der Waals surface area contributed by atoms with Crippen molar-refractivity contribution in [3.63, 3.8) is 0 Å². The quantitative estimate of drug-likeness (QED) is 0.586. The van der Waals surface area contributed by atoms with Crippen LogP contribution in [0, 0.1) is 0 Å². The van der Waals surface area contributed by atoms with Crippen LogP contribution in [0.5, 0.6) is 0 Å². The molecule has 2 nitrogen and oxygen atoms in total. The van der Waals surface area contributed by atoms with Crippen molar-refractivity contribution in [1.29, 1.82) is 0 Å². The normalized spacial score (nSPS) is 12.4. The molecule has 0 bridgehead atoms. The molecule has 0 aliphatic carbocycles. The molecule has 1 unspecified atom stereocenters. The molecule has 0 amide bonds. The molecule has 0 spiro atoms. The maximum absolute atomic E-state index is 4.16. The van der Waals surface area contributed by atoms with E-state index in [2.05, 4.69) is 64.8 Å². The average molecular weight is 302 g/mol. The Bertz CT molecular complexity index is 467. The number of imidazole rings is 1. The summed E-state index contributed by atoms with van der Waals surface area (Å²) in [5.74, 6) is 1.28. The highest BCUT2D eigenvalue weighted by molar-refractivity contribution is 7.99. The summed E-state index contributed by atoms with van der Waals surface area (Å²) in [6, 6.07) is 10.8. The first-order valence-corrected chi connectivity index (χ1v) is 9.04. The molecule has 3 heteroatoms. The van der Waals surface area contributed by atoms with Gasteiger partial charge in [-0.25, -0.2) is 4.98 Å². The fourth-order valence-electron chi connectivity index (χ4n) is 2.43. The minimum Gasteiger partial charge on any atom is -0.336 e. The maximum atomic E-state index is 4.16. The minimum absolute atomic E-state index is 0.677. The molecule has 2 aromatic rings. The third kappa shape index (κ3) is 6.38. The number of aryl methyl sites for hydroxylation is 1. The number of aromatic nitrogens is 2. The molecule has 1 heterocycles. The Kier molecular flexibility index (Phi) is 7.44. The third-order valence-electron chi connectivity index (χ3n) is 3.67. The lowest BCUT2D eigenvalue weighted by Gasteiger charge is -2.17. The second kappa shape index (κ2) is 9.67. The molecule has 0 N–H and O–H groups in total. The Balaban J connectivity index is 1.82. The van der Waals surface area contributed by atoms with Gasteiger partial charge in [0, 0.05) is 24.2 Å². The van der Waals surface area contributed by atoms with Crippen LogP contribution in [0.25, 0.3) is 0 Å². The van der Waals surface area contributed by atoms with E-state index in [1.807, 2.05) is 12.5 Å². The summed E-state index contributed by atoms with van der Waals surface area (Å²) in [4.78, 5) is 4.16. The Morgan fingerprint density at radius 2 is 2.05 bits per heavy atom. The van der Waals surface area contributed by atoms with E-state index in [1.165, 1.54) is 43.4 Å². The van der Waals surface area contributed by atoms with Crippen molar-refractivity contribution in [2.75, 3.05) is 5.75 Å². The topological polar surface area (TPSA) is 17.8 Å². The first-order valence-electron chi connectivity index (χ1n) is 7.99. The number of benzene rings is 1. The third-order valence-corrected chi connectivity index (χ3v) is 5.05. The molecule has 114 valence electrons. The Labute approximate surface area is 133 Å². The molecule has 21 heavy (non-hydrogen) atoms. The molecule has 0 radical (unpaired) electrons. The summed E-state index contributed by atoms with van der Waals surface area (Å²) in [6.45, 7) is 3.34. The van der Waals surface area contributed by atoms with Crippen LogP contribution in [-0.4, -0.2) is 20.6 Å². The summed E-state index contributed by atoms with van der Waals surface area (Å²) < 4.78 is 2.21. The highest BCUT2D eigenvalue weighted by atomic mass is 32.2. The van der Waals surface area contributed by atoms with Gasteiger partial charge in [-0.05, 0) is 30.6 Å². The largest absolute Gasteiger partial charge is 0.336 e. The van der Waals surface area contributed by atoms with Crippen LogP contribution in [-0.2, 0) is 13.0 Å². The number of hydrogen-bond acceptors (Lipinski definition) is 2. The molecule has 0 fully saturated rings. The van der Waals surface area contributed by atoms with Gasteiger partial charge in [0.1, 0.15) is 0 Å². The van der Waals surface area contributed by atoms with Crippen LogP contribution in [0.2, 0.25) is 0 Å². The summed E-state index contributed by atoms with van der Waals surface area (Å²) in [6.07, 6.45) is 12.3. The molecule has 1 atom stereocenters. The van der Waals surface area contributed by atoms with E-state index in [-0.39, 0.29) is 0 Å². The summed E-state index contributed by atoms with van der Waals surface area (Å²) in [5, 5.41) is 0.677. The highest BCUT2D eigenvalue weighted by Gasteiger charge is 2.10. The standard InChI is InChI=1S/C18H26N2S/c1-2-3-7-14-21-18(15-20-13-12-19-16-20)11-10-17-8-5-4-6-9-17/h4-6,8-9,12-13,16,18H,2-3,7,10-11,14-15H2,1H3. The second-order valence-corrected chi connectivity index (χ2v) is 6.89. The first kappa shape index (κ1) is 16.2. The number of hydrogen-bond donors (Lipinski definition) is 0. The number of rotatable bonds is 10. The molecule has 1 aromatic carbocycles. The zero-order valence-electron chi connectivity index (χ0n) is 12.9. The predicted molar refractivity (Wildman–Crippen MR) is 92.8 cm³/mol. The van der Waals surface area contributed by atoms with E-state index >= 15 is 0 Å². The number of nitrogens with zero attached hydrogens (tertiary/aromatic N) is 2. The van der Waals surface area contributed by atoms with Crippen LogP contribution in [0.3, 0.4) is 0 Å². The van der Waals surface area contributed by atoms with Crippen molar-refractivity contribution in [1.82, 2.24) is 9.55 Å². The van der Waals surface area contributed by atoms with Gasteiger partial charge >= 0.3 is 0 Å². The van der Waals surface area contributed by atoms with Gasteiger partial charge in [-0.15, -0.1) is 0 Å². The van der Waals surface area contributed by atoms with Gasteiger partial charge in [0.25, 0.3) is 0 Å². The smallest absolute Gasteiger partial charge is 0.0946 e. The summed E-state index contributed by atoms with van der Waals surface area (Å²) in [7, 11) is 0. The second-order valence-electron chi connectivity index (χ2n) is 5.48. The molecular weight excluding hydrogens is 276 g/mol. The first-order chi connectivity index (χ1) is 10.4. The molecule has 2 rings (SSSR count). The van der Waals surface area contributed by atoms with Crippen LogP contribution >= 0.6 is 11.8 Å². The van der Waals surface area contributed by atoms with Gasteiger partial charge in [-0.1, -0.05) is 50.1 Å². The lowest BCUT2D eigenvalue weighted by Crippen LogP contribution is -2.14. The van der Waals surface area contributed by atoms with Gasteiger partial charge in [0.15, 0.2) is 0 Å². The van der Waals surface area contributed by atoms with E-state index in [1.54, 1.807) is 0 Å². The fraction of sp³-hybridized carbons (Fsp3) is 0.500. The lowest BCUT2D eigenvalue weighted by atomic mass is 10.1. The predicted octanol–water partition coefficient (Wildman–Crippen LogP) is 4.81. The van der Waals surface area contributed by atoms with E-state index in [0.717, 1.165) is 6.54 Å². The SMILES string of the molecule is CCCCCSC(CCc1ccccc1)Cn1ccnc1. The van der Waals surface area contributed by atoms with E-state index < -0.39 is 0 Å². The van der Waals surface area contributed by atoms with Crippen LogP contribution < -0.4 is 0 Å². The Morgan fingerprint density at radius 1 is 1.19 bits per heavy atom. The number of unbranched alkanes of at least 4 members (excludes halogenated alkanes) is 2. The summed E-state index contributed by atoms with van der Waals surface area (Å²) in [5.41, 5.74) is 1.45. The van der Waals surface area contributed by atoms with Gasteiger partial charge in [0.2, 0.25) is 0 Å².